The quantitative estimate of drug-likeness (QED) is 0.756. The van der Waals surface area contributed by atoms with Crippen LogP contribution in [0.25, 0.3) is 0 Å². The molecular formula is C12H23NO4. The Morgan fingerprint density at radius 3 is 2.41 bits per heavy atom. The Morgan fingerprint density at radius 1 is 1.47 bits per heavy atom. The van der Waals surface area contributed by atoms with Gasteiger partial charge in [-0.1, -0.05) is 6.92 Å². The second kappa shape index (κ2) is 4.82. The van der Waals surface area contributed by atoms with E-state index in [1.54, 1.807) is 4.90 Å². The number of hydrogen-bond donors (Lipinski definition) is 2. The topological polar surface area (TPSA) is 70.0 Å². The maximum Gasteiger partial charge on any atom is 0.410 e. The Morgan fingerprint density at radius 2 is 2.06 bits per heavy atom. The van der Waals surface area contributed by atoms with Gasteiger partial charge < -0.3 is 19.8 Å². The third-order valence-corrected chi connectivity index (χ3v) is 3.21. The molecule has 100 valence electrons. The molecule has 2 atom stereocenters. The highest BCUT2D eigenvalue weighted by Gasteiger charge is 2.44. The molecule has 0 bridgehead atoms. The van der Waals surface area contributed by atoms with E-state index in [-0.39, 0.29) is 25.2 Å². The van der Waals surface area contributed by atoms with Gasteiger partial charge in [-0.2, -0.15) is 0 Å². The summed E-state index contributed by atoms with van der Waals surface area (Å²) in [5.74, 6) is -0.0972. The Balaban J connectivity index is 2.68. The van der Waals surface area contributed by atoms with Crippen LogP contribution in [0.3, 0.4) is 0 Å². The maximum absolute atomic E-state index is 11.9. The molecule has 1 amide bonds. The molecule has 0 aromatic heterocycles. The van der Waals surface area contributed by atoms with E-state index < -0.39 is 11.0 Å². The molecule has 0 spiro atoms. The van der Waals surface area contributed by atoms with Crippen molar-refractivity contribution in [1.29, 1.82) is 0 Å². The first-order valence-electron chi connectivity index (χ1n) is 5.91. The Labute approximate surface area is 102 Å². The second-order valence-electron chi connectivity index (χ2n) is 6.05. The minimum Gasteiger partial charge on any atom is -0.444 e. The SMILES string of the molecule is CC(C)(C)OC(=O)N1CC(CO)[C@@](C)(CO)C1. The molecule has 0 radical (unpaired) electrons. The van der Waals surface area contributed by atoms with E-state index in [1.165, 1.54) is 0 Å². The van der Waals surface area contributed by atoms with E-state index >= 15 is 0 Å². The first-order chi connectivity index (χ1) is 7.72. The summed E-state index contributed by atoms with van der Waals surface area (Å²) in [6, 6.07) is 0. The zero-order valence-corrected chi connectivity index (χ0v) is 11.1. The number of carbonyl (C=O) groups excluding carboxylic acids is 1. The molecule has 5 heteroatoms. The van der Waals surface area contributed by atoms with E-state index in [0.717, 1.165) is 0 Å². The van der Waals surface area contributed by atoms with Crippen molar-refractivity contribution in [1.82, 2.24) is 4.90 Å². The first-order valence-corrected chi connectivity index (χ1v) is 5.91. The number of nitrogens with zero attached hydrogens (tertiary/aromatic N) is 1. The van der Waals surface area contributed by atoms with Crippen molar-refractivity contribution in [3.63, 3.8) is 0 Å². The van der Waals surface area contributed by atoms with Gasteiger partial charge in [-0.25, -0.2) is 4.79 Å². The van der Waals surface area contributed by atoms with E-state index in [1.807, 2.05) is 27.7 Å². The van der Waals surface area contributed by atoms with Crippen molar-refractivity contribution >= 4 is 6.09 Å². The van der Waals surface area contributed by atoms with Crippen molar-refractivity contribution in [2.75, 3.05) is 26.3 Å². The molecule has 2 N–H and O–H groups in total. The molecule has 0 aliphatic carbocycles. The molecule has 5 nitrogen and oxygen atoms in total. The summed E-state index contributed by atoms with van der Waals surface area (Å²) in [6.07, 6.45) is -0.381. The smallest absolute Gasteiger partial charge is 0.410 e. The molecule has 0 aromatic rings. The average molecular weight is 245 g/mol. The Hall–Kier alpha value is -0.810. The molecular weight excluding hydrogens is 222 g/mol. The molecule has 0 saturated carbocycles. The summed E-state index contributed by atoms with van der Waals surface area (Å²) >= 11 is 0. The van der Waals surface area contributed by atoms with Gasteiger partial charge in [0.1, 0.15) is 5.60 Å². The van der Waals surface area contributed by atoms with Crippen molar-refractivity contribution in [2.24, 2.45) is 11.3 Å². The van der Waals surface area contributed by atoms with Gasteiger partial charge in [-0.15, -0.1) is 0 Å². The lowest BCUT2D eigenvalue weighted by molar-refractivity contribution is 0.0261. The number of likely N-dealkylation sites (tertiary alicyclic amines) is 1. The number of amides is 1. The summed E-state index contributed by atoms with van der Waals surface area (Å²) < 4.78 is 5.28. The van der Waals surface area contributed by atoms with E-state index in [4.69, 9.17) is 4.74 Å². The van der Waals surface area contributed by atoms with Gasteiger partial charge in [0.2, 0.25) is 0 Å². The van der Waals surface area contributed by atoms with Crippen LogP contribution < -0.4 is 0 Å². The molecule has 1 aliphatic rings. The normalized spacial score (nSPS) is 29.5. The van der Waals surface area contributed by atoms with Gasteiger partial charge in [-0.05, 0) is 20.8 Å². The van der Waals surface area contributed by atoms with Crippen molar-refractivity contribution in [2.45, 2.75) is 33.3 Å². The summed E-state index contributed by atoms with van der Waals surface area (Å²) in [5, 5.41) is 18.6. The van der Waals surface area contributed by atoms with Crippen LogP contribution in [0.15, 0.2) is 0 Å². The Kier molecular flexibility index (Phi) is 4.04. The van der Waals surface area contributed by atoms with Crippen molar-refractivity contribution in [3.05, 3.63) is 0 Å². The second-order valence-corrected chi connectivity index (χ2v) is 6.05. The summed E-state index contributed by atoms with van der Waals surface area (Å²) in [5.41, 5.74) is -0.963. The van der Waals surface area contributed by atoms with Gasteiger partial charge in [0, 0.05) is 31.0 Å². The number of aliphatic hydroxyl groups excluding tert-OH is 2. The molecule has 1 aliphatic heterocycles. The number of ether oxygens (including phenoxy) is 1. The van der Waals surface area contributed by atoms with Crippen LogP contribution in [-0.4, -0.2) is 53.1 Å². The third-order valence-electron chi connectivity index (χ3n) is 3.21. The summed E-state index contributed by atoms with van der Waals surface area (Å²) in [6.45, 7) is 8.10. The summed E-state index contributed by atoms with van der Waals surface area (Å²) in [4.78, 5) is 13.4. The minimum atomic E-state index is -0.524. The van der Waals surface area contributed by atoms with E-state index in [0.29, 0.717) is 13.1 Å². The number of rotatable bonds is 2. The van der Waals surface area contributed by atoms with Gasteiger partial charge in [-0.3, -0.25) is 0 Å². The fourth-order valence-electron chi connectivity index (χ4n) is 2.04. The van der Waals surface area contributed by atoms with Crippen LogP contribution in [0.1, 0.15) is 27.7 Å². The molecule has 17 heavy (non-hydrogen) atoms. The van der Waals surface area contributed by atoms with Crippen LogP contribution in [0.5, 0.6) is 0 Å². The fraction of sp³-hybridized carbons (Fsp3) is 0.917. The molecule has 1 saturated heterocycles. The highest BCUT2D eigenvalue weighted by molar-refractivity contribution is 5.68. The van der Waals surface area contributed by atoms with Crippen molar-refractivity contribution in [3.8, 4) is 0 Å². The number of aliphatic hydroxyl groups is 2. The molecule has 0 aromatic carbocycles. The standard InChI is InChI=1S/C12H23NO4/c1-11(2,3)17-10(16)13-5-9(6-14)12(4,7-13)8-15/h9,14-15H,5-8H2,1-4H3/t9?,12-/m1/s1. The summed E-state index contributed by atoms with van der Waals surface area (Å²) in [7, 11) is 0. The van der Waals surface area contributed by atoms with Crippen molar-refractivity contribution < 1.29 is 19.7 Å². The van der Waals surface area contributed by atoms with E-state index in [9.17, 15) is 15.0 Å². The first kappa shape index (κ1) is 14.3. The highest BCUT2D eigenvalue weighted by atomic mass is 16.6. The predicted molar refractivity (Wildman–Crippen MR) is 63.6 cm³/mol. The predicted octanol–water partition coefficient (Wildman–Crippen LogP) is 0.844. The largest absolute Gasteiger partial charge is 0.444 e. The lowest BCUT2D eigenvalue weighted by Gasteiger charge is -2.27. The van der Waals surface area contributed by atoms with Crippen LogP contribution in [0.4, 0.5) is 4.79 Å². The lowest BCUT2D eigenvalue weighted by atomic mass is 9.81. The lowest BCUT2D eigenvalue weighted by Crippen LogP contribution is -2.37. The van der Waals surface area contributed by atoms with Crippen LogP contribution in [-0.2, 0) is 4.74 Å². The van der Waals surface area contributed by atoms with Crippen LogP contribution >= 0.6 is 0 Å². The van der Waals surface area contributed by atoms with Crippen LogP contribution in [0, 0.1) is 11.3 Å². The Bertz CT molecular complexity index is 287. The van der Waals surface area contributed by atoms with Crippen LogP contribution in [0.2, 0.25) is 0 Å². The monoisotopic (exact) mass is 245 g/mol. The third kappa shape index (κ3) is 3.33. The molecule has 1 fully saturated rings. The van der Waals surface area contributed by atoms with Gasteiger partial charge in [0.25, 0.3) is 0 Å². The zero-order chi connectivity index (χ0) is 13.3. The molecule has 1 rings (SSSR count). The maximum atomic E-state index is 11.9. The number of carbonyl (C=O) groups is 1. The van der Waals surface area contributed by atoms with E-state index in [2.05, 4.69) is 0 Å². The molecule has 1 heterocycles. The number of hydrogen-bond acceptors (Lipinski definition) is 4. The zero-order valence-electron chi connectivity index (χ0n) is 11.1. The van der Waals surface area contributed by atoms with Gasteiger partial charge in [0.05, 0.1) is 6.61 Å². The minimum absolute atomic E-state index is 0.0314. The molecule has 1 unspecified atom stereocenters. The average Bonchev–Trinajstić information content (AvgIpc) is 2.54. The fourth-order valence-corrected chi connectivity index (χ4v) is 2.04. The van der Waals surface area contributed by atoms with Gasteiger partial charge >= 0.3 is 6.09 Å². The van der Waals surface area contributed by atoms with Gasteiger partial charge in [0.15, 0.2) is 0 Å². The highest BCUT2D eigenvalue weighted by Crippen LogP contribution is 2.35.